The molecule has 0 radical (unpaired) electrons. The van der Waals surface area contributed by atoms with Gasteiger partial charge in [0.2, 0.25) is 0 Å². The lowest BCUT2D eigenvalue weighted by Gasteiger charge is -2.14. The predicted octanol–water partition coefficient (Wildman–Crippen LogP) is 3.32. The van der Waals surface area contributed by atoms with Gasteiger partial charge in [0.05, 0.1) is 5.56 Å². The van der Waals surface area contributed by atoms with E-state index < -0.39 is 37.5 Å². The first kappa shape index (κ1) is 22.8. The van der Waals surface area contributed by atoms with E-state index in [1.807, 2.05) is 26.0 Å². The quantitative estimate of drug-likeness (QED) is 0.607. The monoisotopic (exact) mass is 420 g/mol. The van der Waals surface area contributed by atoms with Gasteiger partial charge in [-0.05, 0) is 29.7 Å². The third kappa shape index (κ3) is 6.84. The van der Waals surface area contributed by atoms with Crippen molar-refractivity contribution in [1.29, 1.82) is 0 Å². The van der Waals surface area contributed by atoms with Crippen molar-refractivity contribution in [3.63, 3.8) is 0 Å². The molecule has 0 aliphatic rings. The minimum absolute atomic E-state index is 0.159. The molecule has 0 spiro atoms. The molecule has 0 aliphatic carbocycles. The molecule has 0 saturated carbocycles. The molecule has 7 nitrogen and oxygen atoms in total. The lowest BCUT2D eigenvalue weighted by molar-refractivity contribution is -0.146. The van der Waals surface area contributed by atoms with E-state index in [0.29, 0.717) is 5.69 Å². The Labute approximate surface area is 172 Å². The number of para-hydroxylation sites is 2. The second kappa shape index (κ2) is 10.9. The van der Waals surface area contributed by atoms with Crippen LogP contribution < -0.4 is 15.4 Å². The number of ether oxygens (including phenoxy) is 2. The first-order chi connectivity index (χ1) is 14.3. The van der Waals surface area contributed by atoms with E-state index >= 15 is 0 Å². The van der Waals surface area contributed by atoms with E-state index in [1.165, 1.54) is 24.3 Å². The predicted molar refractivity (Wildman–Crippen MR) is 106 cm³/mol. The van der Waals surface area contributed by atoms with Crippen LogP contribution >= 0.6 is 0 Å². The Hall–Kier alpha value is -3.49. The third-order valence-electron chi connectivity index (χ3n) is 3.96. The van der Waals surface area contributed by atoms with Crippen LogP contribution in [0.3, 0.4) is 0 Å². The number of anilines is 1. The zero-order chi connectivity index (χ0) is 22.1. The van der Waals surface area contributed by atoms with Crippen molar-refractivity contribution in [2.45, 2.75) is 26.4 Å². The average molecular weight is 420 g/mol. The first-order valence-electron chi connectivity index (χ1n) is 9.14. The lowest BCUT2D eigenvalue weighted by Crippen LogP contribution is -2.32. The molecule has 0 aromatic heterocycles. The summed E-state index contributed by atoms with van der Waals surface area (Å²) >= 11 is 0. The zero-order valence-electron chi connectivity index (χ0n) is 16.5. The average Bonchev–Trinajstić information content (AvgIpc) is 2.70. The number of carbonyl (C=O) groups excluding carboxylic acids is 3. The fraction of sp³-hybridized carbons (Fsp3) is 0.286. The molecule has 160 valence electrons. The number of rotatable bonds is 9. The number of benzene rings is 2. The summed E-state index contributed by atoms with van der Waals surface area (Å²) in [5.74, 6) is -2.31. The molecule has 0 atom stereocenters. The molecular formula is C21H22F2N2O5. The van der Waals surface area contributed by atoms with Crippen molar-refractivity contribution in [2.75, 3.05) is 18.5 Å². The smallest absolute Gasteiger partial charge is 0.387 e. The molecule has 0 saturated heterocycles. The highest BCUT2D eigenvalue weighted by atomic mass is 19.3. The SMILES string of the molecule is CC(C)c1ccccc1NC(=O)COC(=O)CNC(=O)c1ccccc1OC(F)F. The van der Waals surface area contributed by atoms with Gasteiger partial charge in [-0.3, -0.25) is 14.4 Å². The number of esters is 1. The molecular weight excluding hydrogens is 398 g/mol. The molecule has 0 unspecified atom stereocenters. The highest BCUT2D eigenvalue weighted by Crippen LogP contribution is 2.23. The third-order valence-corrected chi connectivity index (χ3v) is 3.96. The van der Waals surface area contributed by atoms with Crippen LogP contribution in [0.2, 0.25) is 0 Å². The number of nitrogens with one attached hydrogen (secondary N) is 2. The molecule has 9 heteroatoms. The van der Waals surface area contributed by atoms with Crippen LogP contribution in [0.25, 0.3) is 0 Å². The number of alkyl halides is 2. The molecule has 0 aliphatic heterocycles. The Bertz CT molecular complexity index is 902. The number of hydrogen-bond acceptors (Lipinski definition) is 5. The highest BCUT2D eigenvalue weighted by molar-refractivity contribution is 5.98. The van der Waals surface area contributed by atoms with Crippen LogP contribution in [0.4, 0.5) is 14.5 Å². The highest BCUT2D eigenvalue weighted by Gasteiger charge is 2.17. The molecule has 0 heterocycles. The van der Waals surface area contributed by atoms with Crippen molar-refractivity contribution < 1.29 is 32.6 Å². The number of halogens is 2. The summed E-state index contributed by atoms with van der Waals surface area (Å²) in [4.78, 5) is 35.9. The van der Waals surface area contributed by atoms with Crippen LogP contribution in [0, 0.1) is 0 Å². The molecule has 2 rings (SSSR count). The molecule has 2 aromatic carbocycles. The summed E-state index contributed by atoms with van der Waals surface area (Å²) in [6, 6.07) is 12.6. The molecule has 0 fully saturated rings. The van der Waals surface area contributed by atoms with E-state index in [2.05, 4.69) is 15.4 Å². The summed E-state index contributed by atoms with van der Waals surface area (Å²) in [5, 5.41) is 4.91. The summed E-state index contributed by atoms with van der Waals surface area (Å²) in [6.07, 6.45) is 0. The van der Waals surface area contributed by atoms with E-state index in [1.54, 1.807) is 12.1 Å². The van der Waals surface area contributed by atoms with E-state index in [0.717, 1.165) is 5.56 Å². The van der Waals surface area contributed by atoms with Crippen molar-refractivity contribution in [1.82, 2.24) is 5.32 Å². The molecule has 2 amide bonds. The van der Waals surface area contributed by atoms with Gasteiger partial charge in [-0.25, -0.2) is 0 Å². The number of carbonyl (C=O) groups is 3. The van der Waals surface area contributed by atoms with Crippen LogP contribution in [0.1, 0.15) is 35.7 Å². The van der Waals surface area contributed by atoms with Crippen LogP contribution in [-0.2, 0) is 14.3 Å². The number of amides is 2. The molecule has 0 bridgehead atoms. The van der Waals surface area contributed by atoms with Crippen LogP contribution in [-0.4, -0.2) is 37.5 Å². The van der Waals surface area contributed by atoms with Gasteiger partial charge in [0, 0.05) is 5.69 Å². The Kier molecular flexibility index (Phi) is 8.28. The Morgan fingerprint density at radius 1 is 1.00 bits per heavy atom. The van der Waals surface area contributed by atoms with Gasteiger partial charge in [0.15, 0.2) is 6.61 Å². The topological polar surface area (TPSA) is 93.7 Å². The summed E-state index contributed by atoms with van der Waals surface area (Å²) in [5.41, 5.74) is 1.40. The van der Waals surface area contributed by atoms with Gasteiger partial charge < -0.3 is 20.1 Å². The van der Waals surface area contributed by atoms with Crippen molar-refractivity contribution in [3.05, 3.63) is 59.7 Å². The number of hydrogen-bond donors (Lipinski definition) is 2. The van der Waals surface area contributed by atoms with Crippen molar-refractivity contribution in [2.24, 2.45) is 0 Å². The molecule has 2 aromatic rings. The standard InChI is InChI=1S/C21H22F2N2O5/c1-13(2)14-7-3-5-9-16(14)25-18(26)12-29-19(27)11-24-20(28)15-8-4-6-10-17(15)30-21(22)23/h3-10,13,21H,11-12H2,1-2H3,(H,24,28)(H,25,26). The van der Waals surface area contributed by atoms with Crippen molar-refractivity contribution in [3.8, 4) is 5.75 Å². The maximum atomic E-state index is 12.4. The Morgan fingerprint density at radius 2 is 1.67 bits per heavy atom. The normalized spacial score (nSPS) is 10.6. The van der Waals surface area contributed by atoms with Gasteiger partial charge in [0.1, 0.15) is 12.3 Å². The zero-order valence-corrected chi connectivity index (χ0v) is 16.5. The lowest BCUT2D eigenvalue weighted by atomic mass is 10.0. The van der Waals surface area contributed by atoms with E-state index in [-0.39, 0.29) is 17.2 Å². The van der Waals surface area contributed by atoms with Gasteiger partial charge in [-0.2, -0.15) is 8.78 Å². The van der Waals surface area contributed by atoms with Gasteiger partial charge >= 0.3 is 12.6 Å². The summed E-state index contributed by atoms with van der Waals surface area (Å²) < 4.78 is 33.9. The molecule has 30 heavy (non-hydrogen) atoms. The summed E-state index contributed by atoms with van der Waals surface area (Å²) in [7, 11) is 0. The van der Waals surface area contributed by atoms with Crippen LogP contribution in [0.15, 0.2) is 48.5 Å². The van der Waals surface area contributed by atoms with Crippen LogP contribution in [0.5, 0.6) is 5.75 Å². The minimum atomic E-state index is -3.09. The Morgan fingerprint density at radius 3 is 2.37 bits per heavy atom. The largest absolute Gasteiger partial charge is 0.454 e. The molecule has 2 N–H and O–H groups in total. The second-order valence-corrected chi connectivity index (χ2v) is 6.51. The van der Waals surface area contributed by atoms with Gasteiger partial charge in [0.25, 0.3) is 11.8 Å². The maximum Gasteiger partial charge on any atom is 0.387 e. The fourth-order valence-electron chi connectivity index (χ4n) is 2.60. The van der Waals surface area contributed by atoms with Crippen molar-refractivity contribution >= 4 is 23.5 Å². The fourth-order valence-corrected chi connectivity index (χ4v) is 2.60. The first-order valence-corrected chi connectivity index (χ1v) is 9.14. The minimum Gasteiger partial charge on any atom is -0.454 e. The van der Waals surface area contributed by atoms with E-state index in [9.17, 15) is 23.2 Å². The summed E-state index contributed by atoms with van der Waals surface area (Å²) in [6.45, 7) is -0.205. The van der Waals surface area contributed by atoms with Gasteiger partial charge in [-0.15, -0.1) is 0 Å². The Balaban J connectivity index is 1.83. The van der Waals surface area contributed by atoms with Gasteiger partial charge in [-0.1, -0.05) is 44.2 Å². The maximum absolute atomic E-state index is 12.4. The van der Waals surface area contributed by atoms with E-state index in [4.69, 9.17) is 4.74 Å². The second-order valence-electron chi connectivity index (χ2n) is 6.51.